The topological polar surface area (TPSA) is 49.6 Å². The Bertz CT molecular complexity index is 1300. The summed E-state index contributed by atoms with van der Waals surface area (Å²) in [6.07, 6.45) is 3.60. The molecule has 1 fully saturated rings. The zero-order valence-corrected chi connectivity index (χ0v) is 19.6. The molecule has 0 radical (unpaired) electrons. The fraction of sp³-hybridized carbons (Fsp3) is 0.286. The molecule has 1 amide bonds. The van der Waals surface area contributed by atoms with Crippen LogP contribution in [0.5, 0.6) is 0 Å². The summed E-state index contributed by atoms with van der Waals surface area (Å²) in [6, 6.07) is 20.2. The van der Waals surface area contributed by atoms with E-state index in [9.17, 15) is 9.18 Å². The van der Waals surface area contributed by atoms with E-state index in [0.717, 1.165) is 31.5 Å². The quantitative estimate of drug-likeness (QED) is 0.437. The Morgan fingerprint density at radius 1 is 1.00 bits per heavy atom. The molecule has 2 aromatic heterocycles. The van der Waals surface area contributed by atoms with Crippen LogP contribution in [0.3, 0.4) is 0 Å². The normalized spacial score (nSPS) is 14.5. The first-order chi connectivity index (χ1) is 16.5. The number of aryl methyl sites for hydroxylation is 2. The van der Waals surface area contributed by atoms with Gasteiger partial charge in [-0.05, 0) is 68.0 Å². The monoisotopic (exact) mass is 456 g/mol. The second-order valence-corrected chi connectivity index (χ2v) is 9.14. The van der Waals surface area contributed by atoms with Crippen LogP contribution in [0.4, 0.5) is 10.1 Å². The molecule has 34 heavy (non-hydrogen) atoms. The average molecular weight is 457 g/mol. The Balaban J connectivity index is 1.18. The molecule has 0 aliphatic carbocycles. The number of anilines is 1. The number of hydrogen-bond donors (Lipinski definition) is 1. The number of hydrogen-bond acceptors (Lipinski definition) is 3. The van der Waals surface area contributed by atoms with Crippen LogP contribution in [0.1, 0.15) is 51.6 Å². The summed E-state index contributed by atoms with van der Waals surface area (Å²) in [5.41, 5.74) is 6.48. The highest BCUT2D eigenvalue weighted by Gasteiger charge is 2.21. The number of aromatic nitrogens is 2. The number of nitrogens with one attached hydrogen (secondary N) is 1. The van der Waals surface area contributed by atoms with Crippen molar-refractivity contribution >= 4 is 17.2 Å². The molecule has 4 aromatic rings. The van der Waals surface area contributed by atoms with Crippen molar-refractivity contribution < 1.29 is 9.18 Å². The van der Waals surface area contributed by atoms with E-state index in [1.165, 1.54) is 33.5 Å². The maximum atomic E-state index is 13.7. The Kier molecular flexibility index (Phi) is 6.05. The third kappa shape index (κ3) is 4.53. The maximum Gasteiger partial charge on any atom is 0.270 e. The number of imidazole rings is 1. The molecule has 5 nitrogen and oxygen atoms in total. The van der Waals surface area contributed by atoms with Gasteiger partial charge in [0.25, 0.3) is 5.91 Å². The summed E-state index contributed by atoms with van der Waals surface area (Å²) in [5, 5.41) is 2.94. The summed E-state index contributed by atoms with van der Waals surface area (Å²) < 4.78 is 15.2. The third-order valence-corrected chi connectivity index (χ3v) is 6.77. The summed E-state index contributed by atoms with van der Waals surface area (Å²) in [7, 11) is 0. The van der Waals surface area contributed by atoms with Crippen molar-refractivity contribution in [1.82, 2.24) is 14.7 Å². The van der Waals surface area contributed by atoms with Gasteiger partial charge in [-0.2, -0.15) is 0 Å². The van der Waals surface area contributed by atoms with Gasteiger partial charge in [-0.15, -0.1) is 0 Å². The van der Waals surface area contributed by atoms with Crippen molar-refractivity contribution in [3.8, 4) is 0 Å². The lowest BCUT2D eigenvalue weighted by Gasteiger charge is -2.34. The molecule has 1 N–H and O–H groups in total. The standard InChI is InChI=1S/C28H29FN4O/c1-19-3-7-22(8-4-19)23-13-15-32(16-14-23)25-10-5-21(6-11-25)17-30-28(34)27-20(2)31-26-12-9-24(29)18-33(26)27/h3-12,18,23H,13-17H2,1-2H3,(H,30,34). The molecule has 1 aliphatic rings. The Morgan fingerprint density at radius 2 is 1.71 bits per heavy atom. The van der Waals surface area contributed by atoms with Crippen LogP contribution in [0.2, 0.25) is 0 Å². The smallest absolute Gasteiger partial charge is 0.270 e. The van der Waals surface area contributed by atoms with E-state index >= 15 is 0 Å². The van der Waals surface area contributed by atoms with Crippen molar-refractivity contribution in [1.29, 1.82) is 0 Å². The van der Waals surface area contributed by atoms with Crippen LogP contribution in [-0.2, 0) is 6.54 Å². The first-order valence-corrected chi connectivity index (χ1v) is 11.8. The molecule has 0 atom stereocenters. The van der Waals surface area contributed by atoms with Crippen molar-refractivity contribution in [3.63, 3.8) is 0 Å². The van der Waals surface area contributed by atoms with Gasteiger partial charge in [-0.25, -0.2) is 9.37 Å². The molecule has 5 rings (SSSR count). The summed E-state index contributed by atoms with van der Waals surface area (Å²) in [4.78, 5) is 19.6. The Morgan fingerprint density at radius 3 is 2.41 bits per heavy atom. The molecule has 174 valence electrons. The van der Waals surface area contributed by atoms with E-state index < -0.39 is 5.82 Å². The summed E-state index contributed by atoms with van der Waals surface area (Å²) in [5.74, 6) is -0.0433. The number of rotatable bonds is 5. The predicted molar refractivity (Wildman–Crippen MR) is 133 cm³/mol. The zero-order valence-electron chi connectivity index (χ0n) is 19.6. The van der Waals surface area contributed by atoms with Gasteiger partial charge in [0.05, 0.1) is 5.69 Å². The van der Waals surface area contributed by atoms with Crippen molar-refractivity contribution in [2.75, 3.05) is 18.0 Å². The molecular weight excluding hydrogens is 427 g/mol. The number of carbonyl (C=O) groups is 1. The molecule has 0 unspecified atom stereocenters. The van der Waals surface area contributed by atoms with Gasteiger partial charge < -0.3 is 10.2 Å². The van der Waals surface area contributed by atoms with Gasteiger partial charge in [-0.1, -0.05) is 42.0 Å². The third-order valence-electron chi connectivity index (χ3n) is 6.77. The number of carbonyl (C=O) groups excluding carboxylic acids is 1. The van der Waals surface area contributed by atoms with E-state index in [0.29, 0.717) is 29.5 Å². The molecule has 0 bridgehead atoms. The number of pyridine rings is 1. The van der Waals surface area contributed by atoms with Crippen molar-refractivity contribution in [2.45, 2.75) is 39.2 Å². The molecular formula is C28H29FN4O. The first kappa shape index (κ1) is 22.1. The van der Waals surface area contributed by atoms with Gasteiger partial charge in [-0.3, -0.25) is 9.20 Å². The number of benzene rings is 2. The first-order valence-electron chi connectivity index (χ1n) is 11.8. The molecule has 2 aromatic carbocycles. The van der Waals surface area contributed by atoms with Crippen LogP contribution in [0, 0.1) is 19.7 Å². The summed E-state index contributed by atoms with van der Waals surface area (Å²) >= 11 is 0. The van der Waals surface area contributed by atoms with Crippen LogP contribution in [0.25, 0.3) is 5.65 Å². The molecule has 6 heteroatoms. The molecule has 1 aliphatic heterocycles. The van der Waals surface area contributed by atoms with Gasteiger partial charge in [0.2, 0.25) is 0 Å². The molecule has 0 saturated carbocycles. The second-order valence-electron chi connectivity index (χ2n) is 9.14. The zero-order chi connectivity index (χ0) is 23.7. The van der Waals surface area contributed by atoms with Gasteiger partial charge >= 0.3 is 0 Å². The molecule has 3 heterocycles. The van der Waals surface area contributed by atoms with E-state index in [1.54, 1.807) is 13.0 Å². The maximum absolute atomic E-state index is 13.7. The van der Waals surface area contributed by atoms with Crippen LogP contribution in [0.15, 0.2) is 66.9 Å². The predicted octanol–water partition coefficient (Wildman–Crippen LogP) is 5.40. The summed E-state index contributed by atoms with van der Waals surface area (Å²) in [6.45, 7) is 6.37. The largest absolute Gasteiger partial charge is 0.371 e. The van der Waals surface area contributed by atoms with Crippen LogP contribution < -0.4 is 10.2 Å². The highest BCUT2D eigenvalue weighted by molar-refractivity contribution is 5.94. The van der Waals surface area contributed by atoms with E-state index in [1.807, 2.05) is 0 Å². The minimum absolute atomic E-state index is 0.266. The molecule has 0 spiro atoms. The average Bonchev–Trinajstić information content (AvgIpc) is 3.18. The highest BCUT2D eigenvalue weighted by atomic mass is 19.1. The lowest BCUT2D eigenvalue weighted by molar-refractivity contribution is 0.0944. The van der Waals surface area contributed by atoms with Crippen molar-refractivity contribution in [2.24, 2.45) is 0 Å². The highest BCUT2D eigenvalue weighted by Crippen LogP contribution is 2.30. The number of amides is 1. The lowest BCUT2D eigenvalue weighted by Crippen LogP contribution is -2.32. The van der Waals surface area contributed by atoms with Crippen molar-refractivity contribution in [3.05, 3.63) is 101 Å². The van der Waals surface area contributed by atoms with Crippen LogP contribution >= 0.6 is 0 Å². The number of halogens is 1. The number of fused-ring (bicyclic) bond motifs is 1. The lowest BCUT2D eigenvalue weighted by atomic mass is 9.89. The van der Waals surface area contributed by atoms with Gasteiger partial charge in [0.1, 0.15) is 17.2 Å². The fourth-order valence-electron chi connectivity index (χ4n) is 4.81. The van der Waals surface area contributed by atoms with Gasteiger partial charge in [0.15, 0.2) is 0 Å². The van der Waals surface area contributed by atoms with Crippen LogP contribution in [-0.4, -0.2) is 28.4 Å². The SMILES string of the molecule is Cc1ccc(C2CCN(c3ccc(CNC(=O)c4c(C)nc5ccc(F)cn45)cc3)CC2)cc1. The van der Waals surface area contributed by atoms with Gasteiger partial charge in [0, 0.05) is 31.5 Å². The van der Waals surface area contributed by atoms with E-state index in [4.69, 9.17) is 0 Å². The fourth-order valence-corrected chi connectivity index (χ4v) is 4.81. The van der Waals surface area contributed by atoms with E-state index in [2.05, 4.69) is 70.7 Å². The number of piperidine rings is 1. The minimum atomic E-state index is -0.405. The van der Waals surface area contributed by atoms with E-state index in [-0.39, 0.29) is 5.91 Å². The minimum Gasteiger partial charge on any atom is -0.371 e. The second kappa shape index (κ2) is 9.29. The Hall–Kier alpha value is -3.67. The molecule has 1 saturated heterocycles. The number of nitrogens with zero attached hydrogens (tertiary/aromatic N) is 3. The Labute approximate surface area is 199 Å².